The first-order valence-electron chi connectivity index (χ1n) is 7.25. The van der Waals surface area contributed by atoms with Gasteiger partial charge >= 0.3 is 0 Å². The second kappa shape index (κ2) is 6.29. The van der Waals surface area contributed by atoms with Crippen molar-refractivity contribution in [1.82, 2.24) is 0 Å². The number of carbonyl (C=O) groups is 1. The Morgan fingerprint density at radius 1 is 1.24 bits per heavy atom. The summed E-state index contributed by atoms with van der Waals surface area (Å²) in [5.41, 5.74) is 1.82. The van der Waals surface area contributed by atoms with E-state index in [0.29, 0.717) is 5.25 Å². The van der Waals surface area contributed by atoms with Gasteiger partial charge in [0.25, 0.3) is 0 Å². The smallest absolute Gasteiger partial charge is 0.190 e. The van der Waals surface area contributed by atoms with Gasteiger partial charge in [0, 0.05) is 20.6 Å². The number of hydrogen-bond donors (Lipinski definition) is 0. The lowest BCUT2D eigenvalue weighted by atomic mass is 9.98. The number of hydrogen-bond acceptors (Lipinski definition) is 3. The van der Waals surface area contributed by atoms with Crippen molar-refractivity contribution >= 4 is 40.1 Å². The third-order valence-corrected chi connectivity index (χ3v) is 6.08. The molecule has 0 N–H and O–H groups in total. The van der Waals surface area contributed by atoms with E-state index in [2.05, 4.69) is 26.0 Å². The molecule has 0 amide bonds. The van der Waals surface area contributed by atoms with Crippen molar-refractivity contribution in [3.8, 4) is 0 Å². The SMILES string of the molecule is CCSC1=C(C(=O)c2ccc3ccccc3c2)CC(C)S1. The zero-order valence-electron chi connectivity index (χ0n) is 12.3. The van der Waals surface area contributed by atoms with Crippen LogP contribution in [0.15, 0.2) is 52.3 Å². The molecule has 0 bridgehead atoms. The average molecular weight is 314 g/mol. The Hall–Kier alpha value is -1.19. The fourth-order valence-corrected chi connectivity index (χ4v) is 5.27. The molecule has 0 saturated heterocycles. The molecule has 0 aliphatic carbocycles. The van der Waals surface area contributed by atoms with Crippen LogP contribution in [0.3, 0.4) is 0 Å². The van der Waals surface area contributed by atoms with Crippen LogP contribution in [0.25, 0.3) is 10.8 Å². The van der Waals surface area contributed by atoms with E-state index in [9.17, 15) is 4.79 Å². The molecule has 1 nitrogen and oxygen atoms in total. The van der Waals surface area contributed by atoms with E-state index in [4.69, 9.17) is 0 Å². The van der Waals surface area contributed by atoms with Crippen LogP contribution in [0.5, 0.6) is 0 Å². The molecule has 0 spiro atoms. The first-order chi connectivity index (χ1) is 10.2. The third kappa shape index (κ3) is 3.04. The van der Waals surface area contributed by atoms with Crippen molar-refractivity contribution < 1.29 is 4.79 Å². The van der Waals surface area contributed by atoms with Gasteiger partial charge in [-0.15, -0.1) is 23.5 Å². The molecule has 0 radical (unpaired) electrons. The lowest BCUT2D eigenvalue weighted by Crippen LogP contribution is -2.04. The van der Waals surface area contributed by atoms with Crippen molar-refractivity contribution in [2.24, 2.45) is 0 Å². The van der Waals surface area contributed by atoms with Crippen LogP contribution in [0, 0.1) is 0 Å². The van der Waals surface area contributed by atoms with Gasteiger partial charge in [-0.2, -0.15) is 0 Å². The average Bonchev–Trinajstić information content (AvgIpc) is 2.87. The summed E-state index contributed by atoms with van der Waals surface area (Å²) in [4.78, 5) is 12.8. The van der Waals surface area contributed by atoms with Gasteiger partial charge in [0.1, 0.15) is 0 Å². The van der Waals surface area contributed by atoms with E-state index < -0.39 is 0 Å². The highest BCUT2D eigenvalue weighted by atomic mass is 32.2. The van der Waals surface area contributed by atoms with Crippen molar-refractivity contribution in [2.75, 3.05) is 5.75 Å². The monoisotopic (exact) mass is 314 g/mol. The summed E-state index contributed by atoms with van der Waals surface area (Å²) in [6, 6.07) is 14.2. The number of Topliss-reactive ketones (excluding diaryl/α,β-unsaturated/α-hetero) is 1. The Morgan fingerprint density at radius 3 is 2.76 bits per heavy atom. The summed E-state index contributed by atoms with van der Waals surface area (Å²) in [7, 11) is 0. The molecule has 2 aromatic carbocycles. The highest BCUT2D eigenvalue weighted by Crippen LogP contribution is 2.45. The van der Waals surface area contributed by atoms with Crippen molar-refractivity contribution in [1.29, 1.82) is 0 Å². The normalized spacial score (nSPS) is 18.5. The second-order valence-electron chi connectivity index (χ2n) is 5.22. The molecule has 1 heterocycles. The van der Waals surface area contributed by atoms with Crippen LogP contribution in [0.4, 0.5) is 0 Å². The van der Waals surface area contributed by atoms with E-state index in [-0.39, 0.29) is 5.78 Å². The van der Waals surface area contributed by atoms with E-state index in [1.807, 2.05) is 42.1 Å². The van der Waals surface area contributed by atoms with Gasteiger partial charge < -0.3 is 0 Å². The number of carbonyl (C=O) groups excluding carboxylic acids is 1. The fraction of sp³-hybridized carbons (Fsp3) is 0.278. The summed E-state index contributed by atoms with van der Waals surface area (Å²) >= 11 is 3.65. The van der Waals surface area contributed by atoms with E-state index in [1.165, 1.54) is 9.62 Å². The molecule has 1 atom stereocenters. The maximum Gasteiger partial charge on any atom is 0.190 e. The van der Waals surface area contributed by atoms with E-state index in [1.54, 1.807) is 11.8 Å². The predicted octanol–water partition coefficient (Wildman–Crippen LogP) is 5.51. The van der Waals surface area contributed by atoms with Gasteiger partial charge in [-0.25, -0.2) is 0 Å². The van der Waals surface area contributed by atoms with Gasteiger partial charge in [0.2, 0.25) is 0 Å². The topological polar surface area (TPSA) is 17.1 Å². The Balaban J connectivity index is 1.97. The van der Waals surface area contributed by atoms with Crippen LogP contribution in [-0.2, 0) is 0 Å². The van der Waals surface area contributed by atoms with Crippen molar-refractivity contribution in [2.45, 2.75) is 25.5 Å². The molecule has 3 rings (SSSR count). The van der Waals surface area contributed by atoms with Crippen LogP contribution in [-0.4, -0.2) is 16.8 Å². The molecule has 108 valence electrons. The number of thioether (sulfide) groups is 2. The second-order valence-corrected chi connectivity index (χ2v) is 8.20. The van der Waals surface area contributed by atoms with E-state index in [0.717, 1.165) is 28.7 Å². The van der Waals surface area contributed by atoms with Gasteiger partial charge in [-0.05, 0) is 29.0 Å². The molecule has 0 saturated carbocycles. The third-order valence-electron chi connectivity index (χ3n) is 3.61. The standard InChI is InChI=1S/C18H18OS2/c1-3-20-18-16(10-12(2)21-18)17(19)15-9-8-13-6-4-5-7-14(13)11-15/h4-9,11-12H,3,10H2,1-2H3. The van der Waals surface area contributed by atoms with E-state index >= 15 is 0 Å². The predicted molar refractivity (Wildman–Crippen MR) is 95.1 cm³/mol. The highest BCUT2D eigenvalue weighted by molar-refractivity contribution is 8.22. The molecule has 1 unspecified atom stereocenters. The number of benzene rings is 2. The van der Waals surface area contributed by atoms with Gasteiger partial charge in [0.05, 0.1) is 0 Å². The van der Waals surface area contributed by atoms with Gasteiger partial charge in [0.15, 0.2) is 5.78 Å². The van der Waals surface area contributed by atoms with Crippen LogP contribution < -0.4 is 0 Å². The molecular weight excluding hydrogens is 296 g/mol. The van der Waals surface area contributed by atoms with Gasteiger partial charge in [-0.1, -0.05) is 50.2 Å². The summed E-state index contributed by atoms with van der Waals surface area (Å²) < 4.78 is 1.23. The molecule has 3 heteroatoms. The molecular formula is C18H18OS2. The molecule has 0 fully saturated rings. The summed E-state index contributed by atoms with van der Waals surface area (Å²) in [6.45, 7) is 4.33. The van der Waals surface area contributed by atoms with Crippen LogP contribution in [0.1, 0.15) is 30.6 Å². The quantitative estimate of drug-likeness (QED) is 0.692. The highest BCUT2D eigenvalue weighted by Gasteiger charge is 2.27. The largest absolute Gasteiger partial charge is 0.289 e. The zero-order valence-corrected chi connectivity index (χ0v) is 13.9. The summed E-state index contributed by atoms with van der Waals surface area (Å²) in [6.07, 6.45) is 0.888. The maximum atomic E-state index is 12.8. The molecule has 2 aromatic rings. The maximum absolute atomic E-state index is 12.8. The molecule has 0 aromatic heterocycles. The molecule has 1 aliphatic heterocycles. The minimum absolute atomic E-state index is 0.202. The van der Waals surface area contributed by atoms with Gasteiger partial charge in [-0.3, -0.25) is 4.79 Å². The number of rotatable bonds is 4. The molecule has 1 aliphatic rings. The van der Waals surface area contributed by atoms with Crippen molar-refractivity contribution in [3.63, 3.8) is 0 Å². The minimum Gasteiger partial charge on any atom is -0.289 e. The van der Waals surface area contributed by atoms with Crippen LogP contribution >= 0.6 is 23.5 Å². The number of ketones is 1. The zero-order chi connectivity index (χ0) is 14.8. The number of allylic oxidation sites excluding steroid dienone is 1. The van der Waals surface area contributed by atoms with Crippen molar-refractivity contribution in [3.05, 3.63) is 57.8 Å². The first-order valence-corrected chi connectivity index (χ1v) is 9.11. The Morgan fingerprint density at radius 2 is 2.00 bits per heavy atom. The molecule has 21 heavy (non-hydrogen) atoms. The minimum atomic E-state index is 0.202. The lowest BCUT2D eigenvalue weighted by molar-refractivity contribution is 0.103. The Labute approximate surface area is 134 Å². The summed E-state index contributed by atoms with van der Waals surface area (Å²) in [5, 5.41) is 2.83. The van der Waals surface area contributed by atoms with Crippen LogP contribution in [0.2, 0.25) is 0 Å². The number of fused-ring (bicyclic) bond motifs is 1. The fourth-order valence-electron chi connectivity index (χ4n) is 2.61. The Bertz CT molecular complexity index is 718. The first kappa shape index (κ1) is 14.7. The summed E-state index contributed by atoms with van der Waals surface area (Å²) in [5.74, 6) is 1.22. The Kier molecular flexibility index (Phi) is 4.41. The lowest BCUT2D eigenvalue weighted by Gasteiger charge is -2.06.